The third kappa shape index (κ3) is 4.75. The van der Waals surface area contributed by atoms with Gasteiger partial charge in [0.15, 0.2) is 5.78 Å². The Balaban J connectivity index is 1.59. The number of aromatic hydroxyl groups is 1. The zero-order chi connectivity index (χ0) is 17.6. The minimum absolute atomic E-state index is 0.121. The Kier molecular flexibility index (Phi) is 5.21. The Morgan fingerprint density at radius 1 is 1.12 bits per heavy atom. The van der Waals surface area contributed by atoms with Crippen LogP contribution in [0.2, 0.25) is 5.02 Å². The van der Waals surface area contributed by atoms with E-state index in [-0.39, 0.29) is 18.1 Å². The number of allylic oxidation sites excluding steroid dienone is 1. The SMILES string of the molecule is O=C(/C=C/c1ccc(COc2cccc(Cl)c2)o1)c1ccc(O)cc1. The van der Waals surface area contributed by atoms with Crippen LogP contribution in [-0.2, 0) is 6.61 Å². The smallest absolute Gasteiger partial charge is 0.185 e. The van der Waals surface area contributed by atoms with Gasteiger partial charge in [-0.3, -0.25) is 4.79 Å². The number of furan rings is 1. The molecule has 126 valence electrons. The number of phenolic OH excluding ortho intramolecular Hbond substituents is 1. The normalized spacial score (nSPS) is 10.9. The van der Waals surface area contributed by atoms with E-state index < -0.39 is 0 Å². The van der Waals surface area contributed by atoms with Crippen LogP contribution in [0.5, 0.6) is 11.5 Å². The molecule has 0 fully saturated rings. The molecule has 0 saturated carbocycles. The number of benzene rings is 2. The van der Waals surface area contributed by atoms with Gasteiger partial charge in [-0.2, -0.15) is 0 Å². The van der Waals surface area contributed by atoms with Gasteiger partial charge in [0.05, 0.1) is 0 Å². The fourth-order valence-corrected chi connectivity index (χ4v) is 2.33. The summed E-state index contributed by atoms with van der Waals surface area (Å²) in [7, 11) is 0. The monoisotopic (exact) mass is 354 g/mol. The van der Waals surface area contributed by atoms with Gasteiger partial charge in [-0.05, 0) is 66.7 Å². The average molecular weight is 355 g/mol. The first-order valence-electron chi connectivity index (χ1n) is 7.59. The van der Waals surface area contributed by atoms with Gasteiger partial charge in [0, 0.05) is 10.6 Å². The molecule has 3 aromatic rings. The topological polar surface area (TPSA) is 59.7 Å². The second-order valence-corrected chi connectivity index (χ2v) is 5.73. The molecule has 1 aromatic heterocycles. The average Bonchev–Trinajstić information content (AvgIpc) is 3.06. The fourth-order valence-electron chi connectivity index (χ4n) is 2.15. The maximum atomic E-state index is 12.0. The summed E-state index contributed by atoms with van der Waals surface area (Å²) in [6.07, 6.45) is 3.02. The van der Waals surface area contributed by atoms with Crippen molar-refractivity contribution in [3.05, 3.63) is 88.8 Å². The molecule has 2 aromatic carbocycles. The lowest BCUT2D eigenvalue weighted by Gasteiger charge is -2.03. The van der Waals surface area contributed by atoms with E-state index in [1.165, 1.54) is 18.2 Å². The zero-order valence-corrected chi connectivity index (χ0v) is 13.9. The van der Waals surface area contributed by atoms with Crippen molar-refractivity contribution in [1.29, 1.82) is 0 Å². The van der Waals surface area contributed by atoms with Crippen LogP contribution in [0.4, 0.5) is 0 Å². The van der Waals surface area contributed by atoms with E-state index in [1.807, 2.05) is 12.1 Å². The van der Waals surface area contributed by atoms with E-state index >= 15 is 0 Å². The van der Waals surface area contributed by atoms with Gasteiger partial charge in [-0.15, -0.1) is 0 Å². The lowest BCUT2D eigenvalue weighted by atomic mass is 10.1. The summed E-state index contributed by atoms with van der Waals surface area (Å²) in [6.45, 7) is 0.264. The molecular weight excluding hydrogens is 340 g/mol. The first-order chi connectivity index (χ1) is 12.1. The lowest BCUT2D eigenvalue weighted by Crippen LogP contribution is -1.93. The third-order valence-corrected chi connectivity index (χ3v) is 3.65. The quantitative estimate of drug-likeness (QED) is 0.493. The largest absolute Gasteiger partial charge is 0.508 e. The minimum Gasteiger partial charge on any atom is -0.508 e. The Morgan fingerprint density at radius 3 is 2.68 bits per heavy atom. The van der Waals surface area contributed by atoms with Crippen LogP contribution in [0.1, 0.15) is 21.9 Å². The molecule has 0 aliphatic carbocycles. The number of hydrogen-bond acceptors (Lipinski definition) is 4. The van der Waals surface area contributed by atoms with Gasteiger partial charge in [0.2, 0.25) is 0 Å². The third-order valence-electron chi connectivity index (χ3n) is 3.41. The number of ketones is 1. The summed E-state index contributed by atoms with van der Waals surface area (Å²) >= 11 is 5.90. The van der Waals surface area contributed by atoms with Crippen LogP contribution in [0.15, 0.2) is 71.2 Å². The highest BCUT2D eigenvalue weighted by Gasteiger charge is 2.04. The molecule has 0 atom stereocenters. The highest BCUT2D eigenvalue weighted by molar-refractivity contribution is 6.30. The summed E-state index contributed by atoms with van der Waals surface area (Å²) in [5.74, 6) is 1.79. The van der Waals surface area contributed by atoms with Crippen molar-refractivity contribution in [3.63, 3.8) is 0 Å². The summed E-state index contributed by atoms with van der Waals surface area (Å²) in [5, 5.41) is 9.84. The lowest BCUT2D eigenvalue weighted by molar-refractivity contribution is 0.104. The molecule has 1 heterocycles. The van der Waals surface area contributed by atoms with Gasteiger partial charge < -0.3 is 14.3 Å². The van der Waals surface area contributed by atoms with Crippen molar-refractivity contribution in [2.24, 2.45) is 0 Å². The molecule has 0 bridgehead atoms. The summed E-state index contributed by atoms with van der Waals surface area (Å²) in [5.41, 5.74) is 0.491. The predicted octanol–water partition coefficient (Wildman–Crippen LogP) is 5.11. The van der Waals surface area contributed by atoms with Gasteiger partial charge in [-0.1, -0.05) is 17.7 Å². The number of carbonyl (C=O) groups excluding carboxylic acids is 1. The highest BCUT2D eigenvalue weighted by atomic mass is 35.5. The van der Waals surface area contributed by atoms with Crippen molar-refractivity contribution in [3.8, 4) is 11.5 Å². The standard InChI is InChI=1S/C20H15ClO4/c21-15-2-1-3-18(12-15)24-13-19-9-8-17(25-19)10-11-20(23)14-4-6-16(22)7-5-14/h1-12,22H,13H2/b11-10+. The molecule has 0 unspecified atom stereocenters. The number of carbonyl (C=O) groups is 1. The van der Waals surface area contributed by atoms with Crippen LogP contribution in [0.3, 0.4) is 0 Å². The van der Waals surface area contributed by atoms with Crippen molar-refractivity contribution in [1.82, 2.24) is 0 Å². The Bertz CT molecular complexity index is 894. The number of halogens is 1. The van der Waals surface area contributed by atoms with Crippen molar-refractivity contribution in [2.45, 2.75) is 6.61 Å². The maximum Gasteiger partial charge on any atom is 0.185 e. The van der Waals surface area contributed by atoms with Gasteiger partial charge in [0.25, 0.3) is 0 Å². The van der Waals surface area contributed by atoms with Crippen molar-refractivity contribution < 1.29 is 19.1 Å². The predicted molar refractivity (Wildman–Crippen MR) is 96.0 cm³/mol. The molecule has 3 rings (SSSR count). The number of rotatable bonds is 6. The van der Waals surface area contributed by atoms with Crippen molar-refractivity contribution in [2.75, 3.05) is 0 Å². The minimum atomic E-state index is -0.173. The number of ether oxygens (including phenoxy) is 1. The van der Waals surface area contributed by atoms with Crippen molar-refractivity contribution >= 4 is 23.5 Å². The molecule has 0 saturated heterocycles. The maximum absolute atomic E-state index is 12.0. The molecule has 4 nitrogen and oxygen atoms in total. The molecule has 5 heteroatoms. The Hall–Kier alpha value is -2.98. The molecule has 0 aliphatic rings. The Morgan fingerprint density at radius 2 is 1.92 bits per heavy atom. The van der Waals surface area contributed by atoms with E-state index in [4.69, 9.17) is 20.8 Å². The van der Waals surface area contributed by atoms with E-state index in [1.54, 1.807) is 42.5 Å². The fraction of sp³-hybridized carbons (Fsp3) is 0.0500. The summed E-state index contributed by atoms with van der Waals surface area (Å²) < 4.78 is 11.2. The van der Waals surface area contributed by atoms with Gasteiger partial charge in [0.1, 0.15) is 29.6 Å². The summed E-state index contributed by atoms with van der Waals surface area (Å²) in [6, 6.07) is 16.7. The number of hydrogen-bond donors (Lipinski definition) is 1. The zero-order valence-electron chi connectivity index (χ0n) is 13.2. The van der Waals surface area contributed by atoms with E-state index in [0.717, 1.165) is 0 Å². The highest BCUT2D eigenvalue weighted by Crippen LogP contribution is 2.19. The first-order valence-corrected chi connectivity index (χ1v) is 7.96. The molecule has 0 amide bonds. The van der Waals surface area contributed by atoms with Crippen LogP contribution >= 0.6 is 11.6 Å². The molecular formula is C20H15ClO4. The van der Waals surface area contributed by atoms with Crippen LogP contribution < -0.4 is 4.74 Å². The van der Waals surface area contributed by atoms with E-state index in [2.05, 4.69) is 0 Å². The molecule has 0 aliphatic heterocycles. The second-order valence-electron chi connectivity index (χ2n) is 5.29. The Labute approximate surface area is 149 Å². The second kappa shape index (κ2) is 7.73. The number of phenols is 1. The van der Waals surface area contributed by atoms with Crippen LogP contribution in [-0.4, -0.2) is 10.9 Å². The summed E-state index contributed by atoms with van der Waals surface area (Å²) in [4.78, 5) is 12.0. The molecule has 0 radical (unpaired) electrons. The van der Waals surface area contributed by atoms with E-state index in [0.29, 0.717) is 27.9 Å². The van der Waals surface area contributed by atoms with Crippen LogP contribution in [0.25, 0.3) is 6.08 Å². The first kappa shape index (κ1) is 16.9. The molecule has 25 heavy (non-hydrogen) atoms. The molecule has 0 spiro atoms. The molecule has 1 N–H and O–H groups in total. The van der Waals surface area contributed by atoms with Gasteiger partial charge >= 0.3 is 0 Å². The van der Waals surface area contributed by atoms with Gasteiger partial charge in [-0.25, -0.2) is 0 Å². The van der Waals surface area contributed by atoms with Crippen LogP contribution in [0, 0.1) is 0 Å². The van der Waals surface area contributed by atoms with E-state index in [9.17, 15) is 9.90 Å².